The van der Waals surface area contributed by atoms with Crippen LogP contribution in [-0.4, -0.2) is 18.0 Å². The van der Waals surface area contributed by atoms with Gasteiger partial charge in [0.15, 0.2) is 0 Å². The molecule has 0 aliphatic rings. The van der Waals surface area contributed by atoms with Crippen LogP contribution in [-0.2, 0) is 17.6 Å². The monoisotopic (exact) mass is 324 g/mol. The van der Waals surface area contributed by atoms with Crippen molar-refractivity contribution in [3.8, 4) is 0 Å². The summed E-state index contributed by atoms with van der Waals surface area (Å²) in [5.74, 6) is 2.15. The summed E-state index contributed by atoms with van der Waals surface area (Å²) < 4.78 is 5.18. The van der Waals surface area contributed by atoms with E-state index in [0.29, 0.717) is 5.94 Å². The molecule has 1 N–H and O–H groups in total. The van der Waals surface area contributed by atoms with Crippen molar-refractivity contribution in [2.24, 2.45) is 0 Å². The van der Waals surface area contributed by atoms with Gasteiger partial charge in [0, 0.05) is 28.6 Å². The second kappa shape index (κ2) is 7.71. The zero-order valence-electron chi connectivity index (χ0n) is 13.6. The van der Waals surface area contributed by atoms with E-state index in [2.05, 4.69) is 66.5 Å². The SMILES string of the molecule is COCSc1cccc2[nH]c(C[C](C)Cc3ccccc3)cc12. The van der Waals surface area contributed by atoms with Crippen molar-refractivity contribution < 1.29 is 4.74 Å². The third-order valence-electron chi connectivity index (χ3n) is 3.85. The highest BCUT2D eigenvalue weighted by molar-refractivity contribution is 7.99. The molecule has 1 aromatic heterocycles. The van der Waals surface area contributed by atoms with E-state index < -0.39 is 0 Å². The Hall–Kier alpha value is -1.71. The molecule has 0 saturated carbocycles. The second-order valence-corrected chi connectivity index (χ2v) is 6.82. The molecule has 0 amide bonds. The van der Waals surface area contributed by atoms with Crippen molar-refractivity contribution in [2.45, 2.75) is 24.7 Å². The Kier molecular flexibility index (Phi) is 5.42. The maximum atomic E-state index is 5.18. The van der Waals surface area contributed by atoms with Crippen LogP contribution in [0.2, 0.25) is 0 Å². The van der Waals surface area contributed by atoms with Gasteiger partial charge in [-0.05, 0) is 42.5 Å². The summed E-state index contributed by atoms with van der Waals surface area (Å²) in [6.45, 7) is 2.24. The average Bonchev–Trinajstić information content (AvgIpc) is 2.96. The Bertz CT molecular complexity index is 751. The zero-order chi connectivity index (χ0) is 16.1. The molecule has 3 aromatic rings. The van der Waals surface area contributed by atoms with E-state index in [-0.39, 0.29) is 0 Å². The topological polar surface area (TPSA) is 25.0 Å². The van der Waals surface area contributed by atoms with Gasteiger partial charge in [-0.1, -0.05) is 55.1 Å². The van der Waals surface area contributed by atoms with Gasteiger partial charge in [-0.25, -0.2) is 0 Å². The number of hydrogen-bond donors (Lipinski definition) is 1. The van der Waals surface area contributed by atoms with E-state index in [4.69, 9.17) is 4.74 Å². The minimum atomic E-state index is 0.679. The molecule has 119 valence electrons. The number of nitrogens with one attached hydrogen (secondary N) is 1. The van der Waals surface area contributed by atoms with E-state index in [9.17, 15) is 0 Å². The first-order valence-electron chi connectivity index (χ1n) is 7.84. The molecule has 0 aliphatic heterocycles. The van der Waals surface area contributed by atoms with E-state index in [1.807, 2.05) is 0 Å². The lowest BCUT2D eigenvalue weighted by Crippen LogP contribution is -2.01. The summed E-state index contributed by atoms with van der Waals surface area (Å²) >= 11 is 1.74. The number of fused-ring (bicyclic) bond motifs is 1. The van der Waals surface area contributed by atoms with Gasteiger partial charge in [-0.3, -0.25) is 0 Å². The van der Waals surface area contributed by atoms with Gasteiger partial charge in [-0.2, -0.15) is 0 Å². The smallest absolute Gasteiger partial charge is 0.0963 e. The molecule has 0 atom stereocenters. The molecular weight excluding hydrogens is 302 g/mol. The summed E-state index contributed by atoms with van der Waals surface area (Å²) in [7, 11) is 1.73. The third kappa shape index (κ3) is 4.18. The average molecular weight is 324 g/mol. The summed E-state index contributed by atoms with van der Waals surface area (Å²) in [5, 5.41) is 1.29. The Morgan fingerprint density at radius 3 is 2.65 bits per heavy atom. The lowest BCUT2D eigenvalue weighted by molar-refractivity contribution is 0.259. The molecule has 3 heteroatoms. The lowest BCUT2D eigenvalue weighted by Gasteiger charge is -2.09. The fourth-order valence-electron chi connectivity index (χ4n) is 2.86. The first-order chi connectivity index (χ1) is 11.3. The maximum absolute atomic E-state index is 5.18. The van der Waals surface area contributed by atoms with E-state index in [0.717, 1.165) is 12.8 Å². The second-order valence-electron chi connectivity index (χ2n) is 5.86. The predicted molar refractivity (Wildman–Crippen MR) is 98.8 cm³/mol. The number of methoxy groups -OCH3 is 1. The quantitative estimate of drug-likeness (QED) is 0.475. The fourth-order valence-corrected chi connectivity index (χ4v) is 3.60. The molecule has 0 unspecified atom stereocenters. The van der Waals surface area contributed by atoms with Crippen LogP contribution in [0.25, 0.3) is 10.9 Å². The van der Waals surface area contributed by atoms with Crippen LogP contribution in [0.15, 0.2) is 59.5 Å². The largest absolute Gasteiger partial charge is 0.374 e. The van der Waals surface area contributed by atoms with Gasteiger partial charge >= 0.3 is 0 Å². The molecule has 3 rings (SSSR count). The molecule has 23 heavy (non-hydrogen) atoms. The van der Waals surface area contributed by atoms with Gasteiger partial charge in [0.2, 0.25) is 0 Å². The summed E-state index contributed by atoms with van der Waals surface area (Å²) in [4.78, 5) is 4.82. The Balaban J connectivity index is 1.73. The van der Waals surface area contributed by atoms with Crippen LogP contribution in [0, 0.1) is 5.92 Å². The van der Waals surface area contributed by atoms with Crippen LogP contribution >= 0.6 is 11.8 Å². The first kappa shape index (κ1) is 16.2. The van der Waals surface area contributed by atoms with Crippen molar-refractivity contribution in [3.05, 3.63) is 71.8 Å². The molecule has 0 fully saturated rings. The van der Waals surface area contributed by atoms with Gasteiger partial charge < -0.3 is 9.72 Å². The number of H-pyrrole nitrogens is 1. The number of benzene rings is 2. The summed E-state index contributed by atoms with van der Waals surface area (Å²) in [6, 6.07) is 19.3. The number of thioether (sulfide) groups is 1. The summed E-state index contributed by atoms with van der Waals surface area (Å²) in [6.07, 6.45) is 2.01. The first-order valence-corrected chi connectivity index (χ1v) is 8.82. The maximum Gasteiger partial charge on any atom is 0.0963 e. The Labute approximate surface area is 142 Å². The lowest BCUT2D eigenvalue weighted by atomic mass is 9.97. The third-order valence-corrected chi connectivity index (χ3v) is 4.87. The highest BCUT2D eigenvalue weighted by Gasteiger charge is 2.10. The molecule has 0 bridgehead atoms. The molecule has 1 radical (unpaired) electrons. The molecule has 0 aliphatic carbocycles. The number of ether oxygens (including phenoxy) is 1. The van der Waals surface area contributed by atoms with Crippen molar-refractivity contribution in [2.75, 3.05) is 13.0 Å². The Morgan fingerprint density at radius 1 is 1.04 bits per heavy atom. The van der Waals surface area contributed by atoms with Crippen LogP contribution in [0.3, 0.4) is 0 Å². The van der Waals surface area contributed by atoms with Crippen molar-refractivity contribution in [3.63, 3.8) is 0 Å². The molecule has 0 spiro atoms. The molecule has 2 nitrogen and oxygen atoms in total. The van der Waals surface area contributed by atoms with Gasteiger partial charge in [0.05, 0.1) is 5.94 Å². The Morgan fingerprint density at radius 2 is 1.87 bits per heavy atom. The fraction of sp³-hybridized carbons (Fsp3) is 0.250. The van der Waals surface area contributed by atoms with E-state index in [1.54, 1.807) is 18.9 Å². The molecule has 1 heterocycles. The van der Waals surface area contributed by atoms with Gasteiger partial charge in [0.25, 0.3) is 0 Å². The van der Waals surface area contributed by atoms with Crippen molar-refractivity contribution in [1.29, 1.82) is 0 Å². The van der Waals surface area contributed by atoms with Crippen LogP contribution in [0.5, 0.6) is 0 Å². The van der Waals surface area contributed by atoms with Gasteiger partial charge in [0.1, 0.15) is 0 Å². The molecule has 2 aromatic carbocycles. The zero-order valence-corrected chi connectivity index (χ0v) is 14.5. The predicted octanol–water partition coefficient (Wildman–Crippen LogP) is 5.24. The highest BCUT2D eigenvalue weighted by Crippen LogP contribution is 2.29. The minimum absolute atomic E-state index is 0.679. The van der Waals surface area contributed by atoms with Crippen LogP contribution < -0.4 is 0 Å². The van der Waals surface area contributed by atoms with Crippen molar-refractivity contribution in [1.82, 2.24) is 4.98 Å². The van der Waals surface area contributed by atoms with Crippen molar-refractivity contribution >= 4 is 22.7 Å². The van der Waals surface area contributed by atoms with Gasteiger partial charge in [-0.15, -0.1) is 0 Å². The standard InChI is InChI=1S/C20H22NOS/c1-15(11-16-7-4-3-5-8-16)12-17-13-18-19(21-17)9-6-10-20(18)23-14-22-2/h3-10,13,21H,11-12,14H2,1-2H3. The van der Waals surface area contributed by atoms with Crippen LogP contribution in [0.4, 0.5) is 0 Å². The van der Waals surface area contributed by atoms with Crippen LogP contribution in [0.1, 0.15) is 18.2 Å². The number of aromatic nitrogens is 1. The normalized spacial score (nSPS) is 11.4. The number of hydrogen-bond acceptors (Lipinski definition) is 2. The van der Waals surface area contributed by atoms with E-state index >= 15 is 0 Å². The molecule has 0 saturated heterocycles. The van der Waals surface area contributed by atoms with E-state index in [1.165, 1.54) is 33.0 Å². The highest BCUT2D eigenvalue weighted by atomic mass is 32.2. The number of rotatable bonds is 7. The molecular formula is C20H22NOS. The summed E-state index contributed by atoms with van der Waals surface area (Å²) in [5.41, 5.74) is 3.85. The number of aromatic amines is 1. The minimum Gasteiger partial charge on any atom is -0.374 e.